The van der Waals surface area contributed by atoms with Gasteiger partial charge in [-0.05, 0) is 54.8 Å². The van der Waals surface area contributed by atoms with Crippen molar-refractivity contribution >= 4 is 35.3 Å². The molecule has 0 atom stereocenters. The molecule has 4 rings (SSSR count). The molecule has 0 radical (unpaired) electrons. The quantitative estimate of drug-likeness (QED) is 0.754. The molecular formula is C21H20N2O4S. The summed E-state index contributed by atoms with van der Waals surface area (Å²) in [6.45, 7) is 0. The van der Waals surface area contributed by atoms with Crippen LogP contribution in [-0.4, -0.2) is 32.1 Å². The average Bonchev–Trinajstić information content (AvgIpc) is 3.52. The van der Waals surface area contributed by atoms with Gasteiger partial charge in [-0.2, -0.15) is 0 Å². The molecule has 7 heteroatoms. The van der Waals surface area contributed by atoms with Crippen molar-refractivity contribution in [3.05, 3.63) is 52.4 Å². The zero-order chi connectivity index (χ0) is 19.7. The van der Waals surface area contributed by atoms with E-state index in [0.717, 1.165) is 23.3 Å². The number of anilines is 1. The third-order valence-electron chi connectivity index (χ3n) is 4.55. The van der Waals surface area contributed by atoms with Crippen molar-refractivity contribution in [3.8, 4) is 11.5 Å². The fourth-order valence-corrected chi connectivity index (χ4v) is 3.82. The Morgan fingerprint density at radius 2 is 1.93 bits per heavy atom. The largest absolute Gasteiger partial charge is 0.493 e. The fourth-order valence-electron chi connectivity index (χ4n) is 2.89. The van der Waals surface area contributed by atoms with E-state index in [1.807, 2.05) is 18.2 Å². The summed E-state index contributed by atoms with van der Waals surface area (Å²) >= 11 is 1.38. The summed E-state index contributed by atoms with van der Waals surface area (Å²) in [6, 6.07) is 11.2. The highest BCUT2D eigenvalue weighted by Gasteiger charge is 2.26. The Bertz CT molecular complexity index is 982. The predicted molar refractivity (Wildman–Crippen MR) is 109 cm³/mol. The Balaban J connectivity index is 1.57. The van der Waals surface area contributed by atoms with Crippen LogP contribution in [0.3, 0.4) is 0 Å². The topological polar surface area (TPSA) is 76.7 Å². The molecule has 1 saturated carbocycles. The minimum absolute atomic E-state index is 0.101. The maximum absolute atomic E-state index is 12.6. The van der Waals surface area contributed by atoms with Gasteiger partial charge >= 0.3 is 0 Å². The summed E-state index contributed by atoms with van der Waals surface area (Å²) in [7, 11) is 3.15. The molecule has 0 spiro atoms. The van der Waals surface area contributed by atoms with Crippen LogP contribution < -0.4 is 20.1 Å². The van der Waals surface area contributed by atoms with Crippen LogP contribution in [0, 0.1) is 0 Å². The van der Waals surface area contributed by atoms with Gasteiger partial charge < -0.3 is 20.1 Å². The molecule has 28 heavy (non-hydrogen) atoms. The van der Waals surface area contributed by atoms with Crippen LogP contribution in [-0.2, 0) is 4.79 Å². The first-order valence-corrected chi connectivity index (χ1v) is 9.77. The van der Waals surface area contributed by atoms with Crippen molar-refractivity contribution in [1.82, 2.24) is 5.32 Å². The summed E-state index contributed by atoms with van der Waals surface area (Å²) in [6.07, 6.45) is 3.87. The number of fused-ring (bicyclic) bond motifs is 1. The third kappa shape index (κ3) is 3.84. The maximum Gasteiger partial charge on any atom is 0.262 e. The van der Waals surface area contributed by atoms with E-state index in [1.165, 1.54) is 11.8 Å². The number of methoxy groups -OCH3 is 2. The van der Waals surface area contributed by atoms with E-state index < -0.39 is 0 Å². The van der Waals surface area contributed by atoms with Crippen LogP contribution in [0.25, 0.3) is 6.08 Å². The van der Waals surface area contributed by atoms with Gasteiger partial charge in [0.2, 0.25) is 0 Å². The van der Waals surface area contributed by atoms with Crippen molar-refractivity contribution in [2.75, 3.05) is 19.5 Å². The number of thioether (sulfide) groups is 1. The van der Waals surface area contributed by atoms with Gasteiger partial charge in [0.1, 0.15) is 0 Å². The van der Waals surface area contributed by atoms with Gasteiger partial charge in [-0.25, -0.2) is 0 Å². The van der Waals surface area contributed by atoms with Crippen LogP contribution in [0.2, 0.25) is 0 Å². The lowest BCUT2D eigenvalue weighted by atomic mass is 10.1. The van der Waals surface area contributed by atoms with E-state index in [0.29, 0.717) is 33.7 Å². The number of carbonyl (C=O) groups is 2. The molecule has 0 saturated heterocycles. The number of nitrogens with one attached hydrogen (secondary N) is 2. The Hall–Kier alpha value is -2.93. The normalized spacial score (nSPS) is 16.9. The molecule has 2 aromatic carbocycles. The first kappa shape index (κ1) is 18.4. The number of carbonyl (C=O) groups excluding carboxylic acids is 2. The van der Waals surface area contributed by atoms with Gasteiger partial charge in [0, 0.05) is 16.5 Å². The summed E-state index contributed by atoms with van der Waals surface area (Å²) in [4.78, 5) is 26.2. The number of benzene rings is 2. The molecule has 0 unspecified atom stereocenters. The van der Waals surface area contributed by atoms with Gasteiger partial charge in [-0.3, -0.25) is 9.59 Å². The van der Waals surface area contributed by atoms with E-state index in [4.69, 9.17) is 9.47 Å². The first-order valence-electron chi connectivity index (χ1n) is 8.95. The predicted octanol–water partition coefficient (Wildman–Crippen LogP) is 3.68. The third-order valence-corrected chi connectivity index (χ3v) is 5.65. The van der Waals surface area contributed by atoms with Gasteiger partial charge in [0.15, 0.2) is 11.5 Å². The van der Waals surface area contributed by atoms with Crippen LogP contribution in [0.5, 0.6) is 11.5 Å². The van der Waals surface area contributed by atoms with Gasteiger partial charge in [0.05, 0.1) is 24.8 Å². The second-order valence-corrected chi connectivity index (χ2v) is 7.72. The Morgan fingerprint density at radius 3 is 2.64 bits per heavy atom. The SMILES string of the molecule is COc1ccc(/C=C2/Sc3ccc(C(=O)NC4CC4)cc3NC2=O)cc1OC. The summed E-state index contributed by atoms with van der Waals surface area (Å²) in [5, 5.41) is 5.84. The lowest BCUT2D eigenvalue weighted by Crippen LogP contribution is -2.26. The van der Waals surface area contributed by atoms with Crippen LogP contribution in [0.15, 0.2) is 46.2 Å². The minimum atomic E-state index is -0.202. The molecule has 2 aliphatic rings. The summed E-state index contributed by atoms with van der Waals surface area (Å²) in [5.74, 6) is 0.931. The molecule has 144 valence electrons. The van der Waals surface area contributed by atoms with Crippen LogP contribution in [0.1, 0.15) is 28.8 Å². The van der Waals surface area contributed by atoms with E-state index >= 15 is 0 Å². The number of ether oxygens (including phenoxy) is 2. The molecule has 2 N–H and O–H groups in total. The van der Waals surface area contributed by atoms with Crippen molar-refractivity contribution in [2.24, 2.45) is 0 Å². The molecule has 6 nitrogen and oxygen atoms in total. The second-order valence-electron chi connectivity index (χ2n) is 6.64. The number of hydrogen-bond acceptors (Lipinski definition) is 5. The van der Waals surface area contributed by atoms with E-state index in [1.54, 1.807) is 38.5 Å². The van der Waals surface area contributed by atoms with E-state index in [-0.39, 0.29) is 11.8 Å². The lowest BCUT2D eigenvalue weighted by molar-refractivity contribution is -0.112. The number of hydrogen-bond donors (Lipinski definition) is 2. The monoisotopic (exact) mass is 396 g/mol. The van der Waals surface area contributed by atoms with Gasteiger partial charge in [0.25, 0.3) is 11.8 Å². The average molecular weight is 396 g/mol. The van der Waals surface area contributed by atoms with Gasteiger partial charge in [-0.15, -0.1) is 0 Å². The van der Waals surface area contributed by atoms with E-state index in [9.17, 15) is 9.59 Å². The molecule has 0 aromatic heterocycles. The molecule has 2 amide bonds. The molecule has 0 bridgehead atoms. The van der Waals surface area contributed by atoms with Crippen molar-refractivity contribution in [1.29, 1.82) is 0 Å². The van der Waals surface area contributed by atoms with Crippen LogP contribution in [0.4, 0.5) is 5.69 Å². The van der Waals surface area contributed by atoms with Crippen molar-refractivity contribution in [2.45, 2.75) is 23.8 Å². The summed E-state index contributed by atoms with van der Waals surface area (Å²) in [5.41, 5.74) is 2.04. The minimum Gasteiger partial charge on any atom is -0.493 e. The molecule has 1 aliphatic heterocycles. The zero-order valence-corrected chi connectivity index (χ0v) is 16.4. The zero-order valence-electron chi connectivity index (χ0n) is 15.6. The van der Waals surface area contributed by atoms with Gasteiger partial charge in [-0.1, -0.05) is 17.8 Å². The molecular weight excluding hydrogens is 376 g/mol. The van der Waals surface area contributed by atoms with Crippen molar-refractivity contribution in [3.63, 3.8) is 0 Å². The molecule has 1 aliphatic carbocycles. The second kappa shape index (κ2) is 7.59. The Morgan fingerprint density at radius 1 is 1.14 bits per heavy atom. The van der Waals surface area contributed by atoms with E-state index in [2.05, 4.69) is 10.6 Å². The van der Waals surface area contributed by atoms with Crippen molar-refractivity contribution < 1.29 is 19.1 Å². The summed E-state index contributed by atoms with van der Waals surface area (Å²) < 4.78 is 10.6. The highest BCUT2D eigenvalue weighted by molar-refractivity contribution is 8.04. The number of rotatable bonds is 5. The molecule has 1 fully saturated rings. The first-order chi connectivity index (χ1) is 13.6. The fraction of sp³-hybridized carbons (Fsp3) is 0.238. The Kier molecular flexibility index (Phi) is 5.00. The number of amides is 2. The molecule has 2 aromatic rings. The highest BCUT2D eigenvalue weighted by atomic mass is 32.2. The smallest absolute Gasteiger partial charge is 0.262 e. The molecule has 1 heterocycles. The standard InChI is InChI=1S/C21H20N2O4S/c1-26-16-7-3-12(9-17(16)27-2)10-19-21(25)23-15-11-13(4-8-18(15)28-19)20(24)22-14-5-6-14/h3-4,7-11,14H,5-6H2,1-2H3,(H,22,24)(H,23,25)/b19-10+. The van der Waals surface area contributed by atoms with Crippen LogP contribution >= 0.6 is 11.8 Å². The maximum atomic E-state index is 12.6. The highest BCUT2D eigenvalue weighted by Crippen LogP contribution is 2.40. The lowest BCUT2D eigenvalue weighted by Gasteiger charge is -2.19. The Labute approximate surface area is 167 Å².